The van der Waals surface area contributed by atoms with Crippen molar-refractivity contribution in [3.05, 3.63) is 53.1 Å². The molecule has 1 aromatic carbocycles. The molecule has 1 atom stereocenters. The van der Waals surface area contributed by atoms with Crippen molar-refractivity contribution in [3.8, 4) is 6.07 Å². The number of rotatable bonds is 4. The van der Waals surface area contributed by atoms with Crippen molar-refractivity contribution in [3.63, 3.8) is 0 Å². The van der Waals surface area contributed by atoms with Crippen LogP contribution in [-0.2, 0) is 24.4 Å². The number of aromatic nitrogens is 2. The van der Waals surface area contributed by atoms with Crippen LogP contribution < -0.4 is 0 Å². The molecule has 0 spiro atoms. The molecule has 2 aliphatic rings. The number of nitrogens with zero attached hydrogens (tertiary/aromatic N) is 5. The van der Waals surface area contributed by atoms with Gasteiger partial charge in [-0.05, 0) is 43.0 Å². The van der Waals surface area contributed by atoms with Crippen LogP contribution in [0.1, 0.15) is 36.2 Å². The van der Waals surface area contributed by atoms with Gasteiger partial charge >= 0.3 is 0 Å². The number of hydrogen-bond acceptors (Lipinski definition) is 5. The summed E-state index contributed by atoms with van der Waals surface area (Å²) in [4.78, 5) is 16.8. The summed E-state index contributed by atoms with van der Waals surface area (Å²) in [5, 5.41) is 24.6. The smallest absolute Gasteiger partial charge is 0.256 e. The van der Waals surface area contributed by atoms with Crippen molar-refractivity contribution in [2.45, 2.75) is 44.5 Å². The van der Waals surface area contributed by atoms with Gasteiger partial charge in [0, 0.05) is 39.3 Å². The Hall–Kier alpha value is -2.76. The maximum Gasteiger partial charge on any atom is 0.256 e. The molecule has 1 amide bonds. The lowest BCUT2D eigenvalue weighted by Gasteiger charge is -2.40. The summed E-state index contributed by atoms with van der Waals surface area (Å²) in [6.07, 6.45) is 1.97. The van der Waals surface area contributed by atoms with Gasteiger partial charge in [-0.15, -0.1) is 0 Å². The van der Waals surface area contributed by atoms with Crippen molar-refractivity contribution in [1.29, 1.82) is 5.26 Å². The van der Waals surface area contributed by atoms with E-state index in [1.807, 2.05) is 4.68 Å². The molecule has 4 rings (SSSR count). The van der Waals surface area contributed by atoms with E-state index in [-0.39, 0.29) is 18.3 Å². The fourth-order valence-corrected chi connectivity index (χ4v) is 4.26. The van der Waals surface area contributed by atoms with Crippen LogP contribution in [0.2, 0.25) is 0 Å². The first kappa shape index (κ1) is 19.6. The Morgan fingerprint density at radius 2 is 2.00 bits per heavy atom. The predicted molar refractivity (Wildman–Crippen MR) is 103 cm³/mol. The van der Waals surface area contributed by atoms with E-state index in [1.165, 1.54) is 12.1 Å². The zero-order chi connectivity index (χ0) is 20.4. The molecule has 152 valence electrons. The molecule has 0 saturated carbocycles. The third-order valence-electron chi connectivity index (χ3n) is 5.68. The fraction of sp³-hybridized carbons (Fsp3) is 0.476. The average molecular weight is 397 g/mol. The highest BCUT2D eigenvalue weighted by Gasteiger charge is 2.43. The summed E-state index contributed by atoms with van der Waals surface area (Å²) in [5.74, 6) is -0.585. The first-order valence-corrected chi connectivity index (χ1v) is 9.92. The molecule has 3 heterocycles. The van der Waals surface area contributed by atoms with E-state index < -0.39 is 5.60 Å². The number of likely N-dealkylation sites (tertiary alicyclic amines) is 1. The largest absolute Gasteiger partial charge is 0.379 e. The molecule has 1 N–H and O–H groups in total. The zero-order valence-electron chi connectivity index (χ0n) is 16.2. The summed E-state index contributed by atoms with van der Waals surface area (Å²) < 4.78 is 15.0. The SMILES string of the molecule is N#Cc1cc2n(n1)CCCN(C[C@@]1(O)CCCN(Cc3ccc(F)cc3)C1=O)C2. The van der Waals surface area contributed by atoms with Crippen LogP contribution in [0, 0.1) is 17.1 Å². The van der Waals surface area contributed by atoms with E-state index in [1.54, 1.807) is 23.1 Å². The van der Waals surface area contributed by atoms with Crippen LogP contribution in [-0.4, -0.2) is 55.8 Å². The summed E-state index contributed by atoms with van der Waals surface area (Å²) in [6, 6.07) is 9.93. The molecule has 1 aromatic heterocycles. The quantitative estimate of drug-likeness (QED) is 0.848. The number of carbonyl (C=O) groups excluding carboxylic acids is 1. The number of hydrogen-bond donors (Lipinski definition) is 1. The van der Waals surface area contributed by atoms with Gasteiger partial charge in [0.05, 0.1) is 5.69 Å². The van der Waals surface area contributed by atoms with E-state index in [0.717, 1.165) is 30.8 Å². The van der Waals surface area contributed by atoms with Crippen LogP contribution in [0.4, 0.5) is 4.39 Å². The number of β-amino-alcohol motifs (C(OH)–C–C–N with tert-alkyl or cyclic N) is 1. The number of amides is 1. The lowest BCUT2D eigenvalue weighted by Crippen LogP contribution is -2.58. The third kappa shape index (κ3) is 4.16. The minimum absolute atomic E-state index is 0.249. The highest BCUT2D eigenvalue weighted by Crippen LogP contribution is 2.27. The number of aliphatic hydroxyl groups is 1. The van der Waals surface area contributed by atoms with Crippen molar-refractivity contribution < 1.29 is 14.3 Å². The molecule has 1 saturated heterocycles. The second kappa shape index (κ2) is 7.93. The highest BCUT2D eigenvalue weighted by atomic mass is 19.1. The summed E-state index contributed by atoms with van der Waals surface area (Å²) in [5.41, 5.74) is 0.714. The van der Waals surface area contributed by atoms with E-state index in [4.69, 9.17) is 5.26 Å². The van der Waals surface area contributed by atoms with Crippen LogP contribution in [0.5, 0.6) is 0 Å². The standard InChI is InChI=1S/C21H24FN5O2/c22-17-5-3-16(4-6-17)13-26-9-1-7-21(29,20(26)28)15-25-8-2-10-27-19(14-25)11-18(12-23)24-27/h3-6,11,29H,1-2,7-10,13-15H2/t21-/m0/s1. The van der Waals surface area contributed by atoms with Gasteiger partial charge in [0.1, 0.15) is 11.9 Å². The molecule has 7 nitrogen and oxygen atoms in total. The molecule has 2 aromatic rings. The molecule has 0 bridgehead atoms. The van der Waals surface area contributed by atoms with E-state index in [2.05, 4.69) is 16.1 Å². The molecule has 0 aliphatic carbocycles. The molecular formula is C21H24FN5O2. The molecule has 0 radical (unpaired) electrons. The number of piperidine rings is 1. The van der Waals surface area contributed by atoms with Gasteiger partial charge in [0.25, 0.3) is 5.91 Å². The molecular weight excluding hydrogens is 373 g/mol. The van der Waals surface area contributed by atoms with Crippen LogP contribution >= 0.6 is 0 Å². The number of nitriles is 1. The Labute approximate surface area is 168 Å². The Bertz CT molecular complexity index is 936. The number of carbonyl (C=O) groups is 1. The second-order valence-corrected chi connectivity index (χ2v) is 7.91. The van der Waals surface area contributed by atoms with Gasteiger partial charge in [0.2, 0.25) is 0 Å². The molecule has 2 aliphatic heterocycles. The minimum Gasteiger partial charge on any atom is -0.379 e. The van der Waals surface area contributed by atoms with Crippen molar-refractivity contribution in [2.75, 3.05) is 19.6 Å². The summed E-state index contributed by atoms with van der Waals surface area (Å²) in [7, 11) is 0. The monoisotopic (exact) mass is 397 g/mol. The Morgan fingerprint density at radius 3 is 2.76 bits per heavy atom. The van der Waals surface area contributed by atoms with E-state index >= 15 is 0 Å². The van der Waals surface area contributed by atoms with Gasteiger partial charge in [-0.25, -0.2) is 4.39 Å². The summed E-state index contributed by atoms with van der Waals surface area (Å²) in [6.45, 7) is 3.20. The minimum atomic E-state index is -1.44. The first-order chi connectivity index (χ1) is 14.0. The Morgan fingerprint density at radius 1 is 1.21 bits per heavy atom. The Kier molecular flexibility index (Phi) is 5.35. The normalized spacial score (nSPS) is 22.8. The lowest BCUT2D eigenvalue weighted by molar-refractivity contribution is -0.160. The van der Waals surface area contributed by atoms with Gasteiger partial charge in [-0.2, -0.15) is 10.4 Å². The zero-order valence-corrected chi connectivity index (χ0v) is 16.2. The van der Waals surface area contributed by atoms with E-state index in [9.17, 15) is 14.3 Å². The molecule has 29 heavy (non-hydrogen) atoms. The molecule has 1 fully saturated rings. The molecule has 0 unspecified atom stereocenters. The maximum atomic E-state index is 13.1. The number of aryl methyl sites for hydroxylation is 1. The Balaban J connectivity index is 1.46. The van der Waals surface area contributed by atoms with Crippen LogP contribution in [0.25, 0.3) is 0 Å². The van der Waals surface area contributed by atoms with Crippen molar-refractivity contribution in [1.82, 2.24) is 19.6 Å². The van der Waals surface area contributed by atoms with Crippen LogP contribution in [0.15, 0.2) is 30.3 Å². The first-order valence-electron chi connectivity index (χ1n) is 9.92. The van der Waals surface area contributed by atoms with Crippen molar-refractivity contribution >= 4 is 5.91 Å². The topological polar surface area (TPSA) is 85.4 Å². The van der Waals surface area contributed by atoms with Gasteiger partial charge in [-0.1, -0.05) is 12.1 Å². The van der Waals surface area contributed by atoms with E-state index in [0.29, 0.717) is 38.2 Å². The maximum absolute atomic E-state index is 13.1. The average Bonchev–Trinajstić information content (AvgIpc) is 3.00. The highest BCUT2D eigenvalue weighted by molar-refractivity contribution is 5.86. The van der Waals surface area contributed by atoms with Gasteiger partial charge in [-0.3, -0.25) is 14.4 Å². The lowest BCUT2D eigenvalue weighted by atomic mass is 9.90. The third-order valence-corrected chi connectivity index (χ3v) is 5.68. The van der Waals surface area contributed by atoms with Gasteiger partial charge in [0.15, 0.2) is 11.3 Å². The van der Waals surface area contributed by atoms with Crippen LogP contribution in [0.3, 0.4) is 0 Å². The number of halogens is 1. The number of benzene rings is 1. The predicted octanol–water partition coefficient (Wildman–Crippen LogP) is 1.65. The number of fused-ring (bicyclic) bond motifs is 1. The van der Waals surface area contributed by atoms with Gasteiger partial charge < -0.3 is 10.0 Å². The second-order valence-electron chi connectivity index (χ2n) is 7.91. The van der Waals surface area contributed by atoms with Crippen molar-refractivity contribution in [2.24, 2.45) is 0 Å². The summed E-state index contributed by atoms with van der Waals surface area (Å²) >= 11 is 0. The molecule has 8 heteroatoms. The fourth-order valence-electron chi connectivity index (χ4n) is 4.26.